The molecule has 0 aliphatic carbocycles. The van der Waals surface area contributed by atoms with Crippen molar-refractivity contribution in [1.82, 2.24) is 44.8 Å². The summed E-state index contributed by atoms with van der Waals surface area (Å²) in [6.45, 7) is 9.10. The number of nitrogens with two attached hydrogens (primary N) is 2. The van der Waals surface area contributed by atoms with Crippen LogP contribution in [0.3, 0.4) is 0 Å². The van der Waals surface area contributed by atoms with E-state index < -0.39 is 0 Å². The lowest BCUT2D eigenvalue weighted by Gasteiger charge is -2.22. The third kappa shape index (κ3) is 7.32. The first-order valence-electron chi connectivity index (χ1n) is 15.3. The average Bonchev–Trinajstić information content (AvgIpc) is 3.58. The van der Waals surface area contributed by atoms with Crippen LogP contribution in [0.25, 0.3) is 22.1 Å². The molecule has 0 atom stereocenters. The smallest absolute Gasteiger partial charge is 0.166 e. The number of aromatic nitrogens is 8. The maximum atomic E-state index is 6.11. The molecule has 4 aromatic heterocycles. The molecule has 6 aromatic rings. The standard InChI is InChI=1S/C17H20ClN7.C15H17ClN6/c18-12-2-1-3-13(8-12)23-16-14-15(19)21-10-22-17(14)25(24-16)9-11-4-6-20-7-5-11;1-15(2,3)22-14-11(12(17)18-8-19-14)13(21-22)20-10-6-4-5-9(16)7-10/h1-3,8,10-11,20H,4-7,9H2,(H,23,24)(H2,19,21,22);4-8H,1-3H3,(H,20,21)(H2,17,18,19). The topological polar surface area (TPSA) is 175 Å². The summed E-state index contributed by atoms with van der Waals surface area (Å²) in [5, 5.41) is 22.0. The molecule has 0 radical (unpaired) electrons. The van der Waals surface area contributed by atoms with Crippen LogP contribution >= 0.6 is 23.2 Å². The number of nitrogens with one attached hydrogen (secondary N) is 3. The van der Waals surface area contributed by atoms with Gasteiger partial charge in [-0.25, -0.2) is 29.3 Å². The molecule has 1 saturated heterocycles. The van der Waals surface area contributed by atoms with E-state index >= 15 is 0 Å². The molecule has 15 heteroatoms. The molecule has 13 nitrogen and oxygen atoms in total. The van der Waals surface area contributed by atoms with Crippen molar-refractivity contribution in [3.63, 3.8) is 0 Å². The number of halogens is 2. The Morgan fingerprint density at radius 2 is 1.32 bits per heavy atom. The van der Waals surface area contributed by atoms with E-state index in [0.29, 0.717) is 50.3 Å². The Morgan fingerprint density at radius 3 is 1.87 bits per heavy atom. The van der Waals surface area contributed by atoms with Gasteiger partial charge in [0.15, 0.2) is 22.9 Å². The first-order valence-corrected chi connectivity index (χ1v) is 16.0. The van der Waals surface area contributed by atoms with Crippen LogP contribution in [0.2, 0.25) is 10.0 Å². The van der Waals surface area contributed by atoms with Gasteiger partial charge in [0.25, 0.3) is 0 Å². The molecule has 0 saturated carbocycles. The minimum absolute atomic E-state index is 0.229. The number of rotatable bonds is 6. The summed E-state index contributed by atoms with van der Waals surface area (Å²) in [5.41, 5.74) is 15.0. The predicted octanol–water partition coefficient (Wildman–Crippen LogP) is 6.37. The van der Waals surface area contributed by atoms with Gasteiger partial charge in [0.1, 0.15) is 35.1 Å². The fourth-order valence-electron chi connectivity index (χ4n) is 5.49. The molecule has 1 aliphatic rings. The van der Waals surface area contributed by atoms with E-state index in [0.717, 1.165) is 54.9 Å². The van der Waals surface area contributed by atoms with Crippen molar-refractivity contribution < 1.29 is 0 Å². The van der Waals surface area contributed by atoms with Crippen molar-refractivity contribution in [2.75, 3.05) is 35.2 Å². The van der Waals surface area contributed by atoms with Gasteiger partial charge in [0.2, 0.25) is 0 Å². The van der Waals surface area contributed by atoms with Gasteiger partial charge in [-0.1, -0.05) is 35.3 Å². The van der Waals surface area contributed by atoms with Gasteiger partial charge in [0, 0.05) is 28.0 Å². The molecule has 244 valence electrons. The van der Waals surface area contributed by atoms with Crippen molar-refractivity contribution in [1.29, 1.82) is 0 Å². The van der Waals surface area contributed by atoms with E-state index in [1.807, 2.05) is 57.9 Å². The average molecular weight is 675 g/mol. The fraction of sp³-hybridized carbons (Fsp3) is 0.312. The Hall–Kier alpha value is -4.72. The van der Waals surface area contributed by atoms with E-state index in [1.165, 1.54) is 12.7 Å². The Kier molecular flexibility index (Phi) is 9.30. The summed E-state index contributed by atoms with van der Waals surface area (Å²) < 4.78 is 3.78. The first kappa shape index (κ1) is 32.2. The Labute approximate surface area is 282 Å². The Morgan fingerprint density at radius 1 is 0.787 bits per heavy atom. The lowest BCUT2D eigenvalue weighted by Crippen LogP contribution is -2.30. The highest BCUT2D eigenvalue weighted by molar-refractivity contribution is 6.31. The van der Waals surface area contributed by atoms with E-state index in [9.17, 15) is 0 Å². The summed E-state index contributed by atoms with van der Waals surface area (Å²) in [7, 11) is 0. The maximum Gasteiger partial charge on any atom is 0.166 e. The lowest BCUT2D eigenvalue weighted by atomic mass is 9.98. The molecular formula is C32H37Cl2N13. The molecule has 0 spiro atoms. The van der Waals surface area contributed by atoms with Crippen molar-refractivity contribution in [2.24, 2.45) is 5.92 Å². The summed E-state index contributed by atoms with van der Waals surface area (Å²) >= 11 is 12.1. The maximum absolute atomic E-state index is 6.11. The zero-order valence-electron chi connectivity index (χ0n) is 26.4. The first-order chi connectivity index (χ1) is 22.6. The third-order valence-corrected chi connectivity index (χ3v) is 8.22. The molecule has 7 rings (SSSR count). The van der Waals surface area contributed by atoms with Crippen LogP contribution in [-0.2, 0) is 12.1 Å². The van der Waals surface area contributed by atoms with Gasteiger partial charge in [-0.05, 0) is 89.0 Å². The minimum Gasteiger partial charge on any atom is -0.383 e. The van der Waals surface area contributed by atoms with E-state index in [-0.39, 0.29) is 5.54 Å². The van der Waals surface area contributed by atoms with Gasteiger partial charge in [0.05, 0.1) is 5.54 Å². The second-order valence-electron chi connectivity index (χ2n) is 12.3. The second kappa shape index (κ2) is 13.6. The number of piperidine rings is 1. The number of hydrogen-bond acceptors (Lipinski definition) is 11. The van der Waals surface area contributed by atoms with Crippen molar-refractivity contribution in [2.45, 2.75) is 45.7 Å². The van der Waals surface area contributed by atoms with Crippen LogP contribution in [0.15, 0.2) is 61.2 Å². The molecule has 5 heterocycles. The highest BCUT2D eigenvalue weighted by Gasteiger charge is 2.23. The molecular weight excluding hydrogens is 637 g/mol. The minimum atomic E-state index is -0.229. The van der Waals surface area contributed by atoms with Crippen LogP contribution in [0.5, 0.6) is 0 Å². The highest BCUT2D eigenvalue weighted by atomic mass is 35.5. The summed E-state index contributed by atoms with van der Waals surface area (Å²) in [5.74, 6) is 2.67. The molecule has 1 fully saturated rings. The van der Waals surface area contributed by atoms with E-state index in [2.05, 4.69) is 61.8 Å². The highest BCUT2D eigenvalue weighted by Crippen LogP contribution is 2.32. The predicted molar refractivity (Wildman–Crippen MR) is 190 cm³/mol. The SMILES string of the molecule is CC(C)(C)n1nc(Nc2cccc(Cl)c2)c2c(N)ncnc21.Nc1ncnc2c1c(Nc1cccc(Cl)c1)nn2CC1CCNCC1. The molecule has 47 heavy (non-hydrogen) atoms. The zero-order valence-corrected chi connectivity index (χ0v) is 27.9. The third-order valence-electron chi connectivity index (χ3n) is 7.75. The molecule has 0 unspecified atom stereocenters. The second-order valence-corrected chi connectivity index (χ2v) is 13.2. The van der Waals surface area contributed by atoms with Crippen molar-refractivity contribution in [3.05, 3.63) is 71.2 Å². The molecule has 0 amide bonds. The van der Waals surface area contributed by atoms with Crippen LogP contribution in [-0.4, -0.2) is 52.6 Å². The van der Waals surface area contributed by atoms with E-state index in [4.69, 9.17) is 39.8 Å². The van der Waals surface area contributed by atoms with Gasteiger partial charge >= 0.3 is 0 Å². The van der Waals surface area contributed by atoms with Crippen LogP contribution in [0.4, 0.5) is 34.6 Å². The normalized spacial score (nSPS) is 13.8. The number of nitrogen functional groups attached to an aromatic ring is 2. The number of anilines is 6. The monoisotopic (exact) mass is 673 g/mol. The Bertz CT molecular complexity index is 2010. The largest absolute Gasteiger partial charge is 0.383 e. The number of benzene rings is 2. The van der Waals surface area contributed by atoms with Gasteiger partial charge in [-0.3, -0.25) is 0 Å². The van der Waals surface area contributed by atoms with Gasteiger partial charge < -0.3 is 27.4 Å². The summed E-state index contributed by atoms with van der Waals surface area (Å²) in [6.07, 6.45) is 5.21. The van der Waals surface area contributed by atoms with Gasteiger partial charge in [-0.15, -0.1) is 0 Å². The number of fused-ring (bicyclic) bond motifs is 2. The number of nitrogens with zero attached hydrogens (tertiary/aromatic N) is 8. The zero-order chi connectivity index (χ0) is 33.1. The van der Waals surface area contributed by atoms with Crippen LogP contribution in [0.1, 0.15) is 33.6 Å². The van der Waals surface area contributed by atoms with Crippen LogP contribution in [0, 0.1) is 5.92 Å². The Balaban J connectivity index is 0.000000166. The quantitative estimate of drug-likeness (QED) is 0.133. The molecule has 2 aromatic carbocycles. The molecule has 1 aliphatic heterocycles. The van der Waals surface area contributed by atoms with Gasteiger partial charge in [-0.2, -0.15) is 10.2 Å². The number of hydrogen-bond donors (Lipinski definition) is 5. The fourth-order valence-corrected chi connectivity index (χ4v) is 5.87. The lowest BCUT2D eigenvalue weighted by molar-refractivity contribution is 0.325. The van der Waals surface area contributed by atoms with E-state index in [1.54, 1.807) is 0 Å². The summed E-state index contributed by atoms with van der Waals surface area (Å²) in [6, 6.07) is 14.9. The van der Waals surface area contributed by atoms with Crippen molar-refractivity contribution >= 4 is 79.9 Å². The van der Waals surface area contributed by atoms with Crippen LogP contribution < -0.4 is 27.4 Å². The summed E-state index contributed by atoms with van der Waals surface area (Å²) in [4.78, 5) is 16.9. The van der Waals surface area contributed by atoms with Crippen molar-refractivity contribution in [3.8, 4) is 0 Å². The molecule has 7 N–H and O–H groups in total. The molecule has 0 bridgehead atoms.